The summed E-state index contributed by atoms with van der Waals surface area (Å²) >= 11 is 0. The van der Waals surface area contributed by atoms with Crippen LogP contribution >= 0.6 is 0 Å². The number of carbonyl (C=O) groups excluding carboxylic acids is 1. The highest BCUT2D eigenvalue weighted by molar-refractivity contribution is 5.86. The van der Waals surface area contributed by atoms with Gasteiger partial charge in [-0.15, -0.1) is 0 Å². The van der Waals surface area contributed by atoms with Crippen LogP contribution in [0.15, 0.2) is 42.5 Å². The van der Waals surface area contributed by atoms with E-state index in [-0.39, 0.29) is 5.91 Å². The molecule has 2 fully saturated rings. The topological polar surface area (TPSA) is 35.6 Å². The van der Waals surface area contributed by atoms with Crippen molar-refractivity contribution in [1.29, 1.82) is 0 Å². The van der Waals surface area contributed by atoms with Gasteiger partial charge >= 0.3 is 0 Å². The van der Waals surface area contributed by atoms with E-state index >= 15 is 0 Å². The molecule has 26 heavy (non-hydrogen) atoms. The lowest BCUT2D eigenvalue weighted by atomic mass is 10.0. The molecule has 0 spiro atoms. The number of carbonyl (C=O) groups is 1. The summed E-state index contributed by atoms with van der Waals surface area (Å²) in [6.45, 7) is 7.27. The second-order valence-electron chi connectivity index (χ2n) is 7.69. The number of benzene rings is 2. The van der Waals surface area contributed by atoms with E-state index in [2.05, 4.69) is 59.6 Å². The van der Waals surface area contributed by atoms with Crippen molar-refractivity contribution < 1.29 is 4.79 Å². The Morgan fingerprint density at radius 2 is 1.81 bits per heavy atom. The summed E-state index contributed by atoms with van der Waals surface area (Å²) in [6, 6.07) is 15.7. The predicted molar refractivity (Wildman–Crippen MR) is 106 cm³/mol. The molecule has 2 aromatic carbocycles. The molecule has 0 aliphatic carbocycles. The third-order valence-corrected chi connectivity index (χ3v) is 5.96. The summed E-state index contributed by atoms with van der Waals surface area (Å²) in [5.41, 5.74) is 1.24. The molecule has 2 heterocycles. The van der Waals surface area contributed by atoms with Crippen molar-refractivity contribution in [1.82, 2.24) is 15.1 Å². The molecule has 0 saturated carbocycles. The number of fused-ring (bicyclic) bond motifs is 1. The van der Waals surface area contributed by atoms with E-state index in [1.807, 2.05) is 4.90 Å². The van der Waals surface area contributed by atoms with Crippen LogP contribution in [0.3, 0.4) is 0 Å². The maximum Gasteiger partial charge on any atom is 0.224 e. The molecule has 1 N–H and O–H groups in total. The van der Waals surface area contributed by atoms with Crippen molar-refractivity contribution in [3.63, 3.8) is 0 Å². The predicted octanol–water partition coefficient (Wildman–Crippen LogP) is 3.01. The van der Waals surface area contributed by atoms with E-state index in [1.165, 1.54) is 42.3 Å². The maximum atomic E-state index is 12.5. The van der Waals surface area contributed by atoms with E-state index in [0.29, 0.717) is 25.0 Å². The Labute approximate surface area is 156 Å². The molecule has 4 rings (SSSR count). The number of nitrogens with one attached hydrogen (secondary N) is 1. The minimum absolute atomic E-state index is 0.279. The fourth-order valence-electron chi connectivity index (χ4n) is 4.42. The molecule has 2 aliphatic heterocycles. The molecule has 4 nitrogen and oxygen atoms in total. The Kier molecular flexibility index (Phi) is 5.23. The van der Waals surface area contributed by atoms with Crippen LogP contribution in [0.1, 0.15) is 31.7 Å². The number of likely N-dealkylation sites (tertiary alicyclic amines) is 2. The van der Waals surface area contributed by atoms with Crippen LogP contribution in [0.2, 0.25) is 0 Å². The smallest absolute Gasteiger partial charge is 0.224 e. The molecule has 1 unspecified atom stereocenters. The highest BCUT2D eigenvalue weighted by Crippen LogP contribution is 2.23. The van der Waals surface area contributed by atoms with Gasteiger partial charge in [-0.25, -0.2) is 0 Å². The molecular formula is C22H29N3O. The lowest BCUT2D eigenvalue weighted by Gasteiger charge is -2.33. The van der Waals surface area contributed by atoms with E-state index in [4.69, 9.17) is 0 Å². The van der Waals surface area contributed by atoms with Gasteiger partial charge in [0.05, 0.1) is 0 Å². The Morgan fingerprint density at radius 3 is 2.62 bits per heavy atom. The minimum Gasteiger partial charge on any atom is -0.337 e. The first-order valence-corrected chi connectivity index (χ1v) is 9.95. The first kappa shape index (κ1) is 17.5. The summed E-state index contributed by atoms with van der Waals surface area (Å²) in [6.07, 6.45) is 3.03. The van der Waals surface area contributed by atoms with Crippen LogP contribution in [0.4, 0.5) is 0 Å². The minimum atomic E-state index is 0.279. The summed E-state index contributed by atoms with van der Waals surface area (Å²) in [7, 11) is 0. The second kappa shape index (κ2) is 7.77. The van der Waals surface area contributed by atoms with E-state index in [0.717, 1.165) is 13.1 Å². The van der Waals surface area contributed by atoms with Gasteiger partial charge in [0.15, 0.2) is 0 Å². The van der Waals surface area contributed by atoms with Crippen LogP contribution in [0.25, 0.3) is 10.8 Å². The van der Waals surface area contributed by atoms with Gasteiger partial charge in [-0.1, -0.05) is 49.4 Å². The Morgan fingerprint density at radius 1 is 1.04 bits per heavy atom. The number of hydrogen-bond acceptors (Lipinski definition) is 3. The first-order chi connectivity index (χ1) is 12.7. The van der Waals surface area contributed by atoms with E-state index in [9.17, 15) is 4.79 Å². The zero-order valence-electron chi connectivity index (χ0n) is 15.7. The Balaban J connectivity index is 1.37. The monoisotopic (exact) mass is 351 g/mol. The van der Waals surface area contributed by atoms with Crippen LogP contribution in [0.5, 0.6) is 0 Å². The van der Waals surface area contributed by atoms with Crippen molar-refractivity contribution in [2.24, 2.45) is 0 Å². The fraction of sp³-hybridized carbons (Fsp3) is 0.500. The molecule has 0 radical (unpaired) electrons. The lowest BCUT2D eigenvalue weighted by molar-refractivity contribution is -0.128. The number of nitrogens with zero attached hydrogens (tertiary/aromatic N) is 2. The average molecular weight is 351 g/mol. The van der Waals surface area contributed by atoms with Gasteiger partial charge < -0.3 is 15.1 Å². The SMILES string of the molecule is CCN1CCC(NC2CC(=O)N(Cc3cccc4ccccc34)C2)CC1. The summed E-state index contributed by atoms with van der Waals surface area (Å²) in [4.78, 5) is 17.1. The first-order valence-electron chi connectivity index (χ1n) is 9.95. The van der Waals surface area contributed by atoms with Crippen molar-refractivity contribution in [2.45, 2.75) is 44.8 Å². The average Bonchev–Trinajstić information content (AvgIpc) is 3.01. The molecule has 0 aromatic heterocycles. The highest BCUT2D eigenvalue weighted by atomic mass is 16.2. The van der Waals surface area contributed by atoms with Crippen LogP contribution in [-0.2, 0) is 11.3 Å². The van der Waals surface area contributed by atoms with Gasteiger partial charge in [-0.2, -0.15) is 0 Å². The summed E-state index contributed by atoms with van der Waals surface area (Å²) in [5.74, 6) is 0.279. The number of piperidine rings is 1. The lowest BCUT2D eigenvalue weighted by Crippen LogP contribution is -2.46. The van der Waals surface area contributed by atoms with Gasteiger partial charge in [0, 0.05) is 31.6 Å². The van der Waals surface area contributed by atoms with Crippen LogP contribution in [-0.4, -0.2) is 54.0 Å². The van der Waals surface area contributed by atoms with Crippen LogP contribution in [0, 0.1) is 0 Å². The molecular weight excluding hydrogens is 322 g/mol. The summed E-state index contributed by atoms with van der Waals surface area (Å²) < 4.78 is 0. The molecule has 2 aliphatic rings. The molecule has 138 valence electrons. The standard InChI is InChI=1S/C22H29N3O/c1-2-24-12-10-19(11-13-24)23-20-14-22(26)25(16-20)15-18-8-5-7-17-6-3-4-9-21(17)18/h3-9,19-20,23H,2,10-16H2,1H3. The number of hydrogen-bond donors (Lipinski definition) is 1. The Bertz CT molecular complexity index is 762. The third-order valence-electron chi connectivity index (χ3n) is 5.96. The molecule has 4 heteroatoms. The molecule has 2 aromatic rings. The van der Waals surface area contributed by atoms with Gasteiger partial charge in [-0.3, -0.25) is 4.79 Å². The molecule has 2 saturated heterocycles. The zero-order chi connectivity index (χ0) is 17.9. The maximum absolute atomic E-state index is 12.5. The Hall–Kier alpha value is -1.91. The van der Waals surface area contributed by atoms with E-state index in [1.54, 1.807) is 0 Å². The van der Waals surface area contributed by atoms with Crippen LogP contribution < -0.4 is 5.32 Å². The van der Waals surface area contributed by atoms with Crippen molar-refractivity contribution in [3.05, 3.63) is 48.0 Å². The molecule has 1 amide bonds. The number of amides is 1. The second-order valence-corrected chi connectivity index (χ2v) is 7.69. The van der Waals surface area contributed by atoms with Gasteiger partial charge in [0.2, 0.25) is 5.91 Å². The fourth-order valence-corrected chi connectivity index (χ4v) is 4.42. The van der Waals surface area contributed by atoms with Crippen molar-refractivity contribution in [3.8, 4) is 0 Å². The van der Waals surface area contributed by atoms with Crippen molar-refractivity contribution in [2.75, 3.05) is 26.2 Å². The molecule has 0 bridgehead atoms. The normalized spacial score (nSPS) is 22.4. The third kappa shape index (κ3) is 3.76. The van der Waals surface area contributed by atoms with Crippen molar-refractivity contribution >= 4 is 16.7 Å². The van der Waals surface area contributed by atoms with E-state index < -0.39 is 0 Å². The van der Waals surface area contributed by atoms with Gasteiger partial charge in [0.1, 0.15) is 0 Å². The quantitative estimate of drug-likeness (QED) is 0.899. The highest BCUT2D eigenvalue weighted by Gasteiger charge is 2.31. The molecule has 1 atom stereocenters. The zero-order valence-corrected chi connectivity index (χ0v) is 15.7. The van der Waals surface area contributed by atoms with Gasteiger partial charge in [-0.05, 0) is 48.8 Å². The summed E-state index contributed by atoms with van der Waals surface area (Å²) in [5, 5.41) is 6.26. The van der Waals surface area contributed by atoms with Gasteiger partial charge in [0.25, 0.3) is 0 Å². The number of rotatable bonds is 5. The largest absolute Gasteiger partial charge is 0.337 e.